The fourth-order valence-corrected chi connectivity index (χ4v) is 9.78. The minimum Gasteiger partial charge on any atom is -0.307 e. The molecule has 3 fully saturated rings. The maximum atomic E-state index is 13.7. The van der Waals surface area contributed by atoms with Crippen molar-refractivity contribution in [2.75, 3.05) is 4.90 Å². The number of imide groups is 1. The van der Waals surface area contributed by atoms with E-state index in [9.17, 15) is 18.8 Å². The average Bonchev–Trinajstić information content (AvgIpc) is 3.54. The number of hydrogen-bond acceptors (Lipinski definition) is 5. The molecule has 33 heavy (non-hydrogen) atoms. The number of carbonyl (C=O) groups is 2. The molecule has 8 heteroatoms. The third kappa shape index (κ3) is 2.62. The highest BCUT2D eigenvalue weighted by Gasteiger charge is 2.69. The number of thiazole rings is 1. The van der Waals surface area contributed by atoms with Crippen LogP contribution in [0.4, 0.5) is 10.1 Å². The molecule has 166 valence electrons. The number of aromatic amines is 1. The minimum atomic E-state index is -0.329. The Bertz CT molecular complexity index is 1350. The Hall–Kier alpha value is -2.71. The number of amides is 2. The molecule has 2 aliphatic heterocycles. The molecule has 3 aromatic rings. The molecule has 7 atom stereocenters. The second-order valence-corrected chi connectivity index (χ2v) is 11.6. The molecule has 1 saturated heterocycles. The molecule has 2 bridgehead atoms. The lowest BCUT2D eigenvalue weighted by molar-refractivity contribution is -0.123. The molecule has 2 aromatic carbocycles. The van der Waals surface area contributed by atoms with Crippen LogP contribution in [0.5, 0.6) is 0 Å². The fourth-order valence-electron chi connectivity index (χ4n) is 6.89. The Kier molecular flexibility index (Phi) is 4.13. The van der Waals surface area contributed by atoms with Gasteiger partial charge in [0, 0.05) is 16.0 Å². The quantitative estimate of drug-likeness (QED) is 0.559. The van der Waals surface area contributed by atoms with Crippen LogP contribution in [0.15, 0.2) is 64.4 Å². The van der Waals surface area contributed by atoms with Gasteiger partial charge >= 0.3 is 4.87 Å². The van der Waals surface area contributed by atoms with Gasteiger partial charge in [0.15, 0.2) is 0 Å². The van der Waals surface area contributed by atoms with Gasteiger partial charge in [-0.05, 0) is 54.0 Å². The lowest BCUT2D eigenvalue weighted by atomic mass is 9.68. The van der Waals surface area contributed by atoms with Crippen LogP contribution < -0.4 is 9.77 Å². The topological polar surface area (TPSA) is 70.2 Å². The van der Waals surface area contributed by atoms with E-state index in [1.165, 1.54) is 28.4 Å². The summed E-state index contributed by atoms with van der Waals surface area (Å²) in [5.74, 6) is -0.946. The van der Waals surface area contributed by atoms with Crippen molar-refractivity contribution >= 4 is 40.6 Å². The summed E-state index contributed by atoms with van der Waals surface area (Å²) < 4.78 is 13.7. The summed E-state index contributed by atoms with van der Waals surface area (Å²) in [6, 6.07) is 15.7. The number of aromatic nitrogens is 1. The summed E-state index contributed by atoms with van der Waals surface area (Å²) in [4.78, 5) is 44.6. The average molecular weight is 479 g/mol. The number of thioether (sulfide) groups is 1. The number of rotatable bonds is 2. The predicted octanol–water partition coefficient (Wildman–Crippen LogP) is 4.25. The van der Waals surface area contributed by atoms with Gasteiger partial charge in [-0.1, -0.05) is 41.7 Å². The minimum absolute atomic E-state index is 0.0584. The second kappa shape index (κ2) is 6.90. The number of nitrogens with one attached hydrogen (secondary N) is 1. The van der Waals surface area contributed by atoms with Gasteiger partial charge in [0.25, 0.3) is 0 Å². The van der Waals surface area contributed by atoms with Crippen molar-refractivity contribution in [3.63, 3.8) is 0 Å². The van der Waals surface area contributed by atoms with Crippen molar-refractivity contribution in [2.24, 2.45) is 29.6 Å². The van der Waals surface area contributed by atoms with Gasteiger partial charge < -0.3 is 4.98 Å². The van der Waals surface area contributed by atoms with Crippen LogP contribution in [-0.4, -0.2) is 22.0 Å². The molecule has 2 aliphatic carbocycles. The summed E-state index contributed by atoms with van der Waals surface area (Å²) in [6.45, 7) is 0. The van der Waals surface area contributed by atoms with E-state index in [0.717, 1.165) is 21.9 Å². The van der Waals surface area contributed by atoms with Gasteiger partial charge in [0.2, 0.25) is 11.8 Å². The zero-order chi connectivity index (χ0) is 22.4. The number of H-pyrrole nitrogens is 1. The maximum Gasteiger partial charge on any atom is 0.305 e. The summed E-state index contributed by atoms with van der Waals surface area (Å²) in [7, 11) is 0. The third-order valence-corrected chi connectivity index (χ3v) is 10.6. The van der Waals surface area contributed by atoms with Crippen LogP contribution in [0.1, 0.15) is 22.8 Å². The molecule has 4 aliphatic rings. The Labute approximate surface area is 197 Å². The van der Waals surface area contributed by atoms with E-state index in [0.29, 0.717) is 5.69 Å². The van der Waals surface area contributed by atoms with Gasteiger partial charge in [-0.15, -0.1) is 11.8 Å². The van der Waals surface area contributed by atoms with Gasteiger partial charge in [0.1, 0.15) is 5.82 Å². The van der Waals surface area contributed by atoms with Crippen LogP contribution in [0.25, 0.3) is 0 Å². The van der Waals surface area contributed by atoms with Gasteiger partial charge in [-0.3, -0.25) is 19.3 Å². The number of benzene rings is 2. The summed E-state index contributed by atoms with van der Waals surface area (Å²) in [5.41, 5.74) is 1.60. The molecule has 2 saturated carbocycles. The normalized spacial score (nSPS) is 33.8. The standard InChI is InChI=1S/C25H19FN2O3S2/c26-12-8-6-11(7-9-12)16-17-14-10-15(20(17)32-22-21(16)33-25(31)27-22)19-18(14)23(29)28(24(19)30)13-4-2-1-3-5-13/h1-9,14-20H,10H2,(H,27,31)/t14-,15-,16-,17-,18+,19-,20+/m1/s1. The fraction of sp³-hybridized carbons (Fsp3) is 0.320. The van der Waals surface area contributed by atoms with Crippen LogP contribution in [0, 0.1) is 35.4 Å². The molecular weight excluding hydrogens is 459 g/mol. The van der Waals surface area contributed by atoms with Crippen molar-refractivity contribution in [2.45, 2.75) is 22.6 Å². The molecule has 1 N–H and O–H groups in total. The highest BCUT2D eigenvalue weighted by atomic mass is 32.2. The molecule has 0 radical (unpaired) electrons. The lowest BCUT2D eigenvalue weighted by Gasteiger charge is -2.43. The highest BCUT2D eigenvalue weighted by Crippen LogP contribution is 2.68. The Morgan fingerprint density at radius 1 is 0.909 bits per heavy atom. The molecule has 0 unspecified atom stereocenters. The van der Waals surface area contributed by atoms with Gasteiger partial charge in [-0.2, -0.15) is 0 Å². The molecule has 2 amide bonds. The molecule has 0 spiro atoms. The van der Waals surface area contributed by atoms with E-state index < -0.39 is 0 Å². The van der Waals surface area contributed by atoms with Crippen molar-refractivity contribution in [1.82, 2.24) is 4.98 Å². The lowest BCUT2D eigenvalue weighted by Crippen LogP contribution is -2.42. The predicted molar refractivity (Wildman–Crippen MR) is 124 cm³/mol. The van der Waals surface area contributed by atoms with E-state index in [2.05, 4.69) is 4.98 Å². The number of anilines is 1. The van der Waals surface area contributed by atoms with Crippen LogP contribution >= 0.6 is 23.1 Å². The Morgan fingerprint density at radius 2 is 1.61 bits per heavy atom. The first-order chi connectivity index (χ1) is 16.0. The smallest absolute Gasteiger partial charge is 0.305 e. The number of nitrogens with zero attached hydrogens (tertiary/aromatic N) is 1. The van der Waals surface area contributed by atoms with E-state index in [4.69, 9.17) is 0 Å². The summed E-state index contributed by atoms with van der Waals surface area (Å²) in [5, 5.41) is 0.998. The van der Waals surface area contributed by atoms with E-state index in [1.807, 2.05) is 30.3 Å². The van der Waals surface area contributed by atoms with E-state index in [-0.39, 0.29) is 63.3 Å². The number of hydrogen-bond donors (Lipinski definition) is 1. The second-order valence-electron chi connectivity index (χ2n) is 9.36. The SMILES string of the molecule is O=C1[C@@H]2[C@H]3C[C@@H]([C@@H]2C(=O)N1c1ccccc1)[C@@H]1[C@@H](c2ccc(F)cc2)c2sc(=O)[nH]c2S[C@@H]31. The molecular formula is C25H19FN2O3S2. The first-order valence-electron chi connectivity index (χ1n) is 11.1. The molecule has 1 aromatic heterocycles. The Balaban J connectivity index is 1.34. The molecule has 7 rings (SSSR count). The van der Waals surface area contributed by atoms with Crippen molar-refractivity contribution < 1.29 is 14.0 Å². The highest BCUT2D eigenvalue weighted by molar-refractivity contribution is 8.00. The zero-order valence-corrected chi connectivity index (χ0v) is 18.9. The number of para-hydroxylation sites is 1. The first kappa shape index (κ1) is 19.7. The van der Waals surface area contributed by atoms with Crippen molar-refractivity contribution in [3.05, 3.63) is 80.5 Å². The van der Waals surface area contributed by atoms with Crippen LogP contribution in [0.2, 0.25) is 0 Å². The largest absolute Gasteiger partial charge is 0.307 e. The zero-order valence-electron chi connectivity index (χ0n) is 17.3. The summed E-state index contributed by atoms with van der Waals surface area (Å²) >= 11 is 2.87. The maximum absolute atomic E-state index is 13.7. The first-order valence-corrected chi connectivity index (χ1v) is 12.8. The van der Waals surface area contributed by atoms with E-state index in [1.54, 1.807) is 23.9 Å². The summed E-state index contributed by atoms with van der Waals surface area (Å²) in [6.07, 6.45) is 0.842. The van der Waals surface area contributed by atoms with Crippen LogP contribution in [0.3, 0.4) is 0 Å². The van der Waals surface area contributed by atoms with Crippen molar-refractivity contribution in [3.8, 4) is 0 Å². The number of fused-ring (bicyclic) bond motifs is 9. The van der Waals surface area contributed by atoms with Crippen molar-refractivity contribution in [1.29, 1.82) is 0 Å². The van der Waals surface area contributed by atoms with Gasteiger partial charge in [-0.25, -0.2) is 4.39 Å². The van der Waals surface area contributed by atoms with E-state index >= 15 is 0 Å². The van der Waals surface area contributed by atoms with Gasteiger partial charge in [0.05, 0.1) is 22.5 Å². The monoisotopic (exact) mass is 478 g/mol. The molecule has 3 heterocycles. The molecule has 5 nitrogen and oxygen atoms in total. The van der Waals surface area contributed by atoms with Crippen LogP contribution in [-0.2, 0) is 9.59 Å². The third-order valence-electron chi connectivity index (χ3n) is 7.97. The number of halogens is 1. The Morgan fingerprint density at radius 3 is 2.33 bits per heavy atom. The number of carbonyl (C=O) groups excluding carboxylic acids is 2.